The molecule has 0 saturated carbocycles. The van der Waals surface area contributed by atoms with Gasteiger partial charge in [-0.3, -0.25) is 0 Å². The molecule has 0 aliphatic carbocycles. The van der Waals surface area contributed by atoms with Crippen LogP contribution in [0, 0.1) is 0 Å². The summed E-state index contributed by atoms with van der Waals surface area (Å²) in [5.74, 6) is 0.427. The highest BCUT2D eigenvalue weighted by atomic mass is 35.5. The van der Waals surface area contributed by atoms with E-state index in [0.29, 0.717) is 28.0 Å². The van der Waals surface area contributed by atoms with Gasteiger partial charge in [0.2, 0.25) is 5.82 Å². The van der Waals surface area contributed by atoms with E-state index in [2.05, 4.69) is 15.4 Å². The molecule has 0 unspecified atom stereocenters. The largest absolute Gasteiger partial charge is 0.207 e. The number of nitrogens with zero attached hydrogens (tertiary/aromatic N) is 4. The first-order valence-corrected chi connectivity index (χ1v) is 6.76. The molecule has 0 aliphatic rings. The summed E-state index contributed by atoms with van der Waals surface area (Å²) in [6.45, 7) is 0.551. The van der Waals surface area contributed by atoms with E-state index >= 15 is 0 Å². The highest BCUT2D eigenvalue weighted by Crippen LogP contribution is 2.31. The summed E-state index contributed by atoms with van der Waals surface area (Å²) in [5, 5.41) is 13.4. The molecule has 0 spiro atoms. The van der Waals surface area contributed by atoms with Crippen LogP contribution in [0.1, 0.15) is 5.56 Å². The monoisotopic (exact) mass is 304 g/mol. The average molecular weight is 305 g/mol. The van der Waals surface area contributed by atoms with Gasteiger partial charge in [-0.05, 0) is 22.9 Å². The lowest BCUT2D eigenvalue weighted by molar-refractivity contribution is 0.573. The van der Waals surface area contributed by atoms with Gasteiger partial charge in [-0.25, -0.2) is 0 Å². The zero-order chi connectivity index (χ0) is 13.9. The Hall–Kier alpha value is -1.91. The maximum atomic E-state index is 6.13. The van der Waals surface area contributed by atoms with Crippen molar-refractivity contribution in [2.75, 3.05) is 0 Å². The van der Waals surface area contributed by atoms with Crippen LogP contribution in [-0.2, 0) is 6.54 Å². The van der Waals surface area contributed by atoms with Crippen LogP contribution >= 0.6 is 23.2 Å². The maximum Gasteiger partial charge on any atom is 0.207 e. The van der Waals surface area contributed by atoms with Crippen molar-refractivity contribution in [2.24, 2.45) is 0 Å². The van der Waals surface area contributed by atoms with Crippen molar-refractivity contribution in [3.8, 4) is 11.4 Å². The molecule has 0 amide bonds. The van der Waals surface area contributed by atoms with Gasteiger partial charge in [0, 0.05) is 0 Å². The Labute approximate surface area is 126 Å². The molecule has 6 heteroatoms. The number of tetrazole rings is 1. The Morgan fingerprint density at radius 2 is 1.60 bits per heavy atom. The first-order chi connectivity index (χ1) is 9.74. The van der Waals surface area contributed by atoms with Crippen molar-refractivity contribution in [2.45, 2.75) is 6.54 Å². The average Bonchev–Trinajstić information content (AvgIpc) is 2.88. The van der Waals surface area contributed by atoms with Crippen molar-refractivity contribution in [3.05, 3.63) is 64.1 Å². The first-order valence-electron chi connectivity index (χ1n) is 6.00. The summed E-state index contributed by atoms with van der Waals surface area (Å²) in [6, 6.07) is 15.2. The Morgan fingerprint density at radius 3 is 2.30 bits per heavy atom. The van der Waals surface area contributed by atoms with Crippen LogP contribution in [0.3, 0.4) is 0 Å². The molecule has 1 aromatic heterocycles. The molecule has 3 rings (SSSR count). The summed E-state index contributed by atoms with van der Waals surface area (Å²) in [5.41, 5.74) is 1.71. The molecule has 1 heterocycles. The van der Waals surface area contributed by atoms with Gasteiger partial charge >= 0.3 is 0 Å². The Morgan fingerprint density at radius 1 is 0.900 bits per heavy atom. The van der Waals surface area contributed by atoms with Gasteiger partial charge in [-0.1, -0.05) is 59.6 Å². The molecule has 100 valence electrons. The molecular weight excluding hydrogens is 295 g/mol. The highest BCUT2D eigenvalue weighted by molar-refractivity contribution is 6.38. The van der Waals surface area contributed by atoms with E-state index in [4.69, 9.17) is 23.2 Å². The number of hydrogen-bond donors (Lipinski definition) is 0. The van der Waals surface area contributed by atoms with E-state index in [1.54, 1.807) is 18.2 Å². The van der Waals surface area contributed by atoms with Gasteiger partial charge in [0.05, 0.1) is 22.2 Å². The van der Waals surface area contributed by atoms with Crippen LogP contribution in [-0.4, -0.2) is 20.2 Å². The Balaban J connectivity index is 1.91. The molecule has 0 fully saturated rings. The van der Waals surface area contributed by atoms with Crippen LogP contribution in [0.2, 0.25) is 10.0 Å². The fraction of sp³-hybridized carbons (Fsp3) is 0.0714. The third-order valence-corrected chi connectivity index (χ3v) is 3.44. The van der Waals surface area contributed by atoms with Crippen LogP contribution in [0.4, 0.5) is 0 Å². The molecule has 0 atom stereocenters. The van der Waals surface area contributed by atoms with E-state index in [9.17, 15) is 0 Å². The topological polar surface area (TPSA) is 43.6 Å². The minimum atomic E-state index is 0.427. The summed E-state index contributed by atoms with van der Waals surface area (Å²) in [6.07, 6.45) is 0. The molecule has 3 aromatic rings. The van der Waals surface area contributed by atoms with Crippen molar-refractivity contribution in [1.29, 1.82) is 0 Å². The van der Waals surface area contributed by atoms with Crippen LogP contribution in [0.5, 0.6) is 0 Å². The van der Waals surface area contributed by atoms with Crippen molar-refractivity contribution in [3.63, 3.8) is 0 Å². The third-order valence-electron chi connectivity index (χ3n) is 2.81. The van der Waals surface area contributed by atoms with Crippen LogP contribution in [0.25, 0.3) is 11.4 Å². The molecule has 4 nitrogen and oxygen atoms in total. The summed E-state index contributed by atoms with van der Waals surface area (Å²) >= 11 is 12.3. The lowest BCUT2D eigenvalue weighted by Gasteiger charge is -2.01. The van der Waals surface area contributed by atoms with E-state index in [1.165, 1.54) is 4.80 Å². The second-order valence-electron chi connectivity index (χ2n) is 4.23. The number of rotatable bonds is 3. The smallest absolute Gasteiger partial charge is 0.159 e. The fourth-order valence-corrected chi connectivity index (χ4v) is 2.43. The predicted octanol–water partition coefficient (Wildman–Crippen LogP) is 3.70. The fourth-order valence-electron chi connectivity index (χ4n) is 1.87. The number of benzene rings is 2. The van der Waals surface area contributed by atoms with E-state index in [0.717, 1.165) is 5.56 Å². The lowest BCUT2D eigenvalue weighted by atomic mass is 10.2. The van der Waals surface area contributed by atoms with Gasteiger partial charge in [0.15, 0.2) is 0 Å². The van der Waals surface area contributed by atoms with E-state index in [1.807, 2.05) is 30.3 Å². The maximum absolute atomic E-state index is 6.13. The van der Waals surface area contributed by atoms with Gasteiger partial charge in [0.25, 0.3) is 0 Å². The zero-order valence-corrected chi connectivity index (χ0v) is 11.9. The summed E-state index contributed by atoms with van der Waals surface area (Å²) < 4.78 is 0. The van der Waals surface area contributed by atoms with Gasteiger partial charge in [0.1, 0.15) is 0 Å². The normalized spacial score (nSPS) is 10.7. The van der Waals surface area contributed by atoms with Gasteiger partial charge in [-0.2, -0.15) is 4.80 Å². The van der Waals surface area contributed by atoms with Gasteiger partial charge < -0.3 is 0 Å². The standard InChI is InChI=1S/C14H10Cl2N4/c15-11-7-4-8-12(16)13(11)14-17-19-20(18-14)9-10-5-2-1-3-6-10/h1-8H,9H2. The number of halogens is 2. The molecule has 20 heavy (non-hydrogen) atoms. The Kier molecular flexibility index (Phi) is 3.67. The second-order valence-corrected chi connectivity index (χ2v) is 5.04. The minimum absolute atomic E-state index is 0.427. The van der Waals surface area contributed by atoms with E-state index in [-0.39, 0.29) is 0 Å². The van der Waals surface area contributed by atoms with Gasteiger partial charge in [-0.15, -0.1) is 10.2 Å². The van der Waals surface area contributed by atoms with Crippen molar-refractivity contribution in [1.82, 2.24) is 20.2 Å². The molecule has 0 N–H and O–H groups in total. The zero-order valence-electron chi connectivity index (χ0n) is 10.4. The van der Waals surface area contributed by atoms with Crippen LogP contribution in [0.15, 0.2) is 48.5 Å². The molecule has 0 bridgehead atoms. The summed E-state index contributed by atoms with van der Waals surface area (Å²) in [7, 11) is 0. The Bertz CT molecular complexity index is 705. The quantitative estimate of drug-likeness (QED) is 0.741. The number of hydrogen-bond acceptors (Lipinski definition) is 3. The van der Waals surface area contributed by atoms with Crippen molar-refractivity contribution >= 4 is 23.2 Å². The predicted molar refractivity (Wildman–Crippen MR) is 78.8 cm³/mol. The second kappa shape index (κ2) is 5.61. The lowest BCUT2D eigenvalue weighted by Crippen LogP contribution is -2.03. The summed E-state index contributed by atoms with van der Waals surface area (Å²) in [4.78, 5) is 1.52. The molecule has 0 aliphatic heterocycles. The molecule has 2 aromatic carbocycles. The minimum Gasteiger partial charge on any atom is -0.159 e. The molecular formula is C14H10Cl2N4. The molecule has 0 radical (unpaired) electrons. The first kappa shape index (κ1) is 13.1. The SMILES string of the molecule is Clc1cccc(Cl)c1-c1nnn(Cc2ccccc2)n1. The number of aromatic nitrogens is 4. The van der Waals surface area contributed by atoms with Crippen molar-refractivity contribution < 1.29 is 0 Å². The molecule has 0 saturated heterocycles. The van der Waals surface area contributed by atoms with Crippen LogP contribution < -0.4 is 0 Å². The highest BCUT2D eigenvalue weighted by Gasteiger charge is 2.13. The third kappa shape index (κ3) is 2.66. The van der Waals surface area contributed by atoms with E-state index < -0.39 is 0 Å².